The third kappa shape index (κ3) is 5.51. The molecule has 1 rings (SSSR count). The van der Waals surface area contributed by atoms with Gasteiger partial charge in [-0.15, -0.1) is 11.6 Å². The molecular weight excluding hydrogens is 222 g/mol. The number of alkyl halides is 1. The average molecular weight is 248 g/mol. The maximum Gasteiger partial charge on any atom is 0.0594 e. The van der Waals surface area contributed by atoms with Crippen molar-refractivity contribution in [2.24, 2.45) is 11.8 Å². The first-order valence-corrected chi connectivity index (χ1v) is 7.15. The molecule has 2 atom stereocenters. The highest BCUT2D eigenvalue weighted by Gasteiger charge is 2.23. The van der Waals surface area contributed by atoms with Crippen LogP contribution in [0.2, 0.25) is 0 Å². The van der Waals surface area contributed by atoms with Gasteiger partial charge in [0.1, 0.15) is 0 Å². The zero-order valence-corrected chi connectivity index (χ0v) is 11.4. The van der Waals surface area contributed by atoms with Gasteiger partial charge in [0.2, 0.25) is 0 Å². The van der Waals surface area contributed by atoms with E-state index in [0.29, 0.717) is 6.10 Å². The largest absolute Gasteiger partial charge is 0.377 e. The summed E-state index contributed by atoms with van der Waals surface area (Å²) in [5.41, 5.74) is 0. The summed E-state index contributed by atoms with van der Waals surface area (Å²) >= 11 is 6.00. The molecule has 16 heavy (non-hydrogen) atoms. The van der Waals surface area contributed by atoms with Crippen molar-refractivity contribution in [1.82, 2.24) is 5.32 Å². The number of rotatable bonds is 7. The molecule has 1 aliphatic rings. The zero-order valence-electron chi connectivity index (χ0n) is 10.7. The van der Waals surface area contributed by atoms with Crippen molar-refractivity contribution in [1.29, 1.82) is 0 Å². The molecule has 3 heteroatoms. The Balaban J connectivity index is 2.06. The summed E-state index contributed by atoms with van der Waals surface area (Å²) in [4.78, 5) is 0. The van der Waals surface area contributed by atoms with Gasteiger partial charge in [0.25, 0.3) is 0 Å². The molecule has 1 fully saturated rings. The molecule has 1 aliphatic carbocycles. The van der Waals surface area contributed by atoms with Gasteiger partial charge in [-0.3, -0.25) is 0 Å². The van der Waals surface area contributed by atoms with Crippen LogP contribution >= 0.6 is 11.6 Å². The second kappa shape index (κ2) is 8.32. The lowest BCUT2D eigenvalue weighted by Crippen LogP contribution is -2.33. The predicted molar refractivity (Wildman–Crippen MR) is 70.1 cm³/mol. The molecular formula is C13H26ClNO. The number of hydrogen-bond acceptors (Lipinski definition) is 2. The zero-order chi connectivity index (χ0) is 11.8. The van der Waals surface area contributed by atoms with E-state index in [2.05, 4.69) is 19.2 Å². The summed E-state index contributed by atoms with van der Waals surface area (Å²) in [7, 11) is 0. The number of halogens is 1. The fourth-order valence-corrected chi connectivity index (χ4v) is 2.82. The van der Waals surface area contributed by atoms with E-state index in [1.807, 2.05) is 0 Å². The molecule has 2 nitrogen and oxygen atoms in total. The van der Waals surface area contributed by atoms with Gasteiger partial charge in [-0.25, -0.2) is 0 Å². The first-order valence-electron chi connectivity index (χ1n) is 6.62. The minimum absolute atomic E-state index is 0.340. The molecule has 0 bridgehead atoms. The minimum atomic E-state index is 0.340. The van der Waals surface area contributed by atoms with Crippen molar-refractivity contribution in [3.63, 3.8) is 0 Å². The van der Waals surface area contributed by atoms with E-state index in [0.717, 1.165) is 37.4 Å². The van der Waals surface area contributed by atoms with E-state index in [1.54, 1.807) is 0 Å². The topological polar surface area (TPSA) is 21.3 Å². The predicted octanol–water partition coefficient (Wildman–Crippen LogP) is 3.05. The van der Waals surface area contributed by atoms with Crippen molar-refractivity contribution in [2.45, 2.75) is 45.6 Å². The van der Waals surface area contributed by atoms with Crippen LogP contribution in [-0.4, -0.2) is 31.7 Å². The Labute approximate surface area is 105 Å². The Morgan fingerprint density at radius 1 is 1.25 bits per heavy atom. The summed E-state index contributed by atoms with van der Waals surface area (Å²) in [5.74, 6) is 2.34. The van der Waals surface area contributed by atoms with Crippen LogP contribution in [0.1, 0.15) is 39.5 Å². The van der Waals surface area contributed by atoms with Gasteiger partial charge < -0.3 is 10.1 Å². The first-order chi connectivity index (χ1) is 7.74. The van der Waals surface area contributed by atoms with Crippen molar-refractivity contribution in [3.8, 4) is 0 Å². The second-order valence-electron chi connectivity index (χ2n) is 5.08. The van der Waals surface area contributed by atoms with E-state index >= 15 is 0 Å². The van der Waals surface area contributed by atoms with Crippen LogP contribution in [0.3, 0.4) is 0 Å². The molecule has 1 N–H and O–H groups in total. The maximum absolute atomic E-state index is 6.00. The second-order valence-corrected chi connectivity index (χ2v) is 5.39. The summed E-state index contributed by atoms with van der Waals surface area (Å²) < 4.78 is 5.50. The Morgan fingerprint density at radius 2 is 1.94 bits per heavy atom. The molecule has 96 valence electrons. The SMILES string of the molecule is CC(C)OCCNCC1CCCCC1CCl. The average Bonchev–Trinajstić information content (AvgIpc) is 2.29. The molecule has 0 amide bonds. The Bertz CT molecular complexity index is 175. The molecule has 0 aromatic rings. The van der Waals surface area contributed by atoms with Crippen LogP contribution in [-0.2, 0) is 4.74 Å². The third-order valence-corrected chi connectivity index (χ3v) is 3.80. The highest BCUT2D eigenvalue weighted by atomic mass is 35.5. The normalized spacial score (nSPS) is 26.2. The van der Waals surface area contributed by atoms with Crippen LogP contribution in [0.4, 0.5) is 0 Å². The van der Waals surface area contributed by atoms with E-state index in [4.69, 9.17) is 16.3 Å². The molecule has 0 aromatic heterocycles. The minimum Gasteiger partial charge on any atom is -0.377 e. The molecule has 0 aromatic carbocycles. The molecule has 1 saturated carbocycles. The lowest BCUT2D eigenvalue weighted by Gasteiger charge is -2.30. The molecule has 0 spiro atoms. The Hall–Kier alpha value is 0.210. The van der Waals surface area contributed by atoms with E-state index < -0.39 is 0 Å². The van der Waals surface area contributed by atoms with Crippen molar-refractivity contribution in [2.75, 3.05) is 25.6 Å². The van der Waals surface area contributed by atoms with Crippen LogP contribution in [0, 0.1) is 11.8 Å². The van der Waals surface area contributed by atoms with Crippen LogP contribution in [0.25, 0.3) is 0 Å². The van der Waals surface area contributed by atoms with E-state index in [1.165, 1.54) is 25.7 Å². The van der Waals surface area contributed by atoms with E-state index in [-0.39, 0.29) is 0 Å². The van der Waals surface area contributed by atoms with Gasteiger partial charge in [0.05, 0.1) is 12.7 Å². The quantitative estimate of drug-likeness (QED) is 0.552. The third-order valence-electron chi connectivity index (χ3n) is 3.40. The molecule has 0 heterocycles. The van der Waals surface area contributed by atoms with Gasteiger partial charge >= 0.3 is 0 Å². The smallest absolute Gasteiger partial charge is 0.0594 e. The Kier molecular flexibility index (Phi) is 7.42. The van der Waals surface area contributed by atoms with Gasteiger partial charge in [0, 0.05) is 12.4 Å². The molecule has 2 unspecified atom stereocenters. The molecule has 0 saturated heterocycles. The van der Waals surface area contributed by atoms with Gasteiger partial charge in [-0.1, -0.05) is 12.8 Å². The number of hydrogen-bond donors (Lipinski definition) is 1. The van der Waals surface area contributed by atoms with Crippen LogP contribution in [0.15, 0.2) is 0 Å². The summed E-state index contributed by atoms with van der Waals surface area (Å²) in [6.07, 6.45) is 5.74. The van der Waals surface area contributed by atoms with Crippen molar-refractivity contribution in [3.05, 3.63) is 0 Å². The molecule has 0 radical (unpaired) electrons. The highest BCUT2D eigenvalue weighted by Crippen LogP contribution is 2.30. The highest BCUT2D eigenvalue weighted by molar-refractivity contribution is 6.18. The number of nitrogens with one attached hydrogen (secondary N) is 1. The maximum atomic E-state index is 6.00. The summed E-state index contributed by atoms with van der Waals surface area (Å²) in [6, 6.07) is 0. The fourth-order valence-electron chi connectivity index (χ4n) is 2.41. The van der Waals surface area contributed by atoms with Gasteiger partial charge in [0.15, 0.2) is 0 Å². The first kappa shape index (κ1) is 14.3. The van der Waals surface area contributed by atoms with Crippen LogP contribution in [0.5, 0.6) is 0 Å². The summed E-state index contributed by atoms with van der Waals surface area (Å²) in [5, 5.41) is 3.49. The van der Waals surface area contributed by atoms with Crippen molar-refractivity contribution < 1.29 is 4.74 Å². The fraction of sp³-hybridized carbons (Fsp3) is 1.00. The lowest BCUT2D eigenvalue weighted by atomic mass is 9.80. The van der Waals surface area contributed by atoms with Crippen LogP contribution < -0.4 is 5.32 Å². The molecule has 0 aliphatic heterocycles. The summed E-state index contributed by atoms with van der Waals surface area (Å²) in [6.45, 7) is 7.04. The van der Waals surface area contributed by atoms with Gasteiger partial charge in [-0.2, -0.15) is 0 Å². The van der Waals surface area contributed by atoms with Crippen molar-refractivity contribution >= 4 is 11.6 Å². The lowest BCUT2D eigenvalue weighted by molar-refractivity contribution is 0.0795. The van der Waals surface area contributed by atoms with Gasteiger partial charge in [-0.05, 0) is 45.1 Å². The Morgan fingerprint density at radius 3 is 2.56 bits per heavy atom. The monoisotopic (exact) mass is 247 g/mol. The number of ether oxygens (including phenoxy) is 1. The van der Waals surface area contributed by atoms with E-state index in [9.17, 15) is 0 Å². The standard InChI is InChI=1S/C13H26ClNO/c1-11(2)16-8-7-15-10-13-6-4-3-5-12(13)9-14/h11-13,15H,3-10H2,1-2H3.